The Bertz CT molecular complexity index is 1090. The molecule has 0 amide bonds. The zero-order chi connectivity index (χ0) is 34.2. The number of halogens is 19. The molecule has 2 saturated heterocycles. The maximum Gasteiger partial charge on any atom is 0.460 e. The fourth-order valence-corrected chi connectivity index (χ4v) is 3.81. The first-order valence-corrected chi connectivity index (χ1v) is 11.2. The van der Waals surface area contributed by atoms with Gasteiger partial charge in [-0.05, 0) is 18.2 Å². The summed E-state index contributed by atoms with van der Waals surface area (Å²) in [4.78, 5) is 0. The molecule has 1 aromatic carbocycles. The van der Waals surface area contributed by atoms with E-state index in [0.29, 0.717) is 0 Å². The van der Waals surface area contributed by atoms with Gasteiger partial charge < -0.3 is 18.9 Å². The second-order valence-corrected chi connectivity index (χ2v) is 9.33. The van der Waals surface area contributed by atoms with Crippen LogP contribution in [0.15, 0.2) is 18.2 Å². The Morgan fingerprint density at radius 2 is 0.750 bits per heavy atom. The molecule has 3 rings (SSSR count). The van der Waals surface area contributed by atoms with E-state index < -0.39 is 127 Å². The predicted molar refractivity (Wildman–Crippen MR) is 100 cm³/mol. The van der Waals surface area contributed by atoms with Gasteiger partial charge in [-0.2, -0.15) is 83.4 Å². The van der Waals surface area contributed by atoms with Crippen LogP contribution in [0, 0.1) is 0 Å². The van der Waals surface area contributed by atoms with Gasteiger partial charge in [0.05, 0.1) is 26.4 Å². The molecule has 2 unspecified atom stereocenters. The highest BCUT2D eigenvalue weighted by Crippen LogP contribution is 2.59. The first-order chi connectivity index (χ1) is 19.5. The molecule has 0 aliphatic carbocycles. The monoisotopic (exact) mass is 690 g/mol. The molecule has 44 heavy (non-hydrogen) atoms. The molecule has 2 aliphatic rings. The largest absolute Gasteiger partial charge is 0.460 e. The predicted octanol–water partition coefficient (Wildman–Crippen LogP) is 7.45. The fourth-order valence-electron chi connectivity index (χ4n) is 3.81. The van der Waals surface area contributed by atoms with Crippen molar-refractivity contribution < 1.29 is 102 Å². The minimum Gasteiger partial charge on any atom is -0.371 e. The van der Waals surface area contributed by atoms with Crippen LogP contribution in [0.5, 0.6) is 0 Å². The van der Waals surface area contributed by atoms with Crippen LogP contribution in [0.1, 0.15) is 16.7 Å². The molecule has 0 spiro atoms. The molecule has 254 valence electrons. The van der Waals surface area contributed by atoms with E-state index in [-0.39, 0.29) is 0 Å². The first-order valence-electron chi connectivity index (χ1n) is 11.2. The summed E-state index contributed by atoms with van der Waals surface area (Å²) >= 11 is 0. The van der Waals surface area contributed by atoms with Gasteiger partial charge in [0.1, 0.15) is 12.2 Å². The topological polar surface area (TPSA) is 43.5 Å². The van der Waals surface area contributed by atoms with Crippen LogP contribution in [0.4, 0.5) is 83.4 Å². The van der Waals surface area contributed by atoms with Gasteiger partial charge in [-0.15, -0.1) is 0 Å². The average molecular weight is 690 g/mol. The van der Waals surface area contributed by atoms with Gasteiger partial charge in [-0.1, -0.05) is 0 Å². The standard InChI is InChI=1S/C21H13F19O4/c22-15(23,16(24,25)21(38,39)40)10-2-8(13(17(26,27)28,18(29,30)31)43-6-11-4-41-11)1-9(3-10)14(19(32,33)34,20(35,36)37)44-7-12-5-42-12/h1-3,11-12H,4-7H2. The third kappa shape index (κ3) is 5.99. The highest BCUT2D eigenvalue weighted by atomic mass is 19.4. The van der Waals surface area contributed by atoms with E-state index in [9.17, 15) is 83.4 Å². The molecular weight excluding hydrogens is 677 g/mol. The number of alkyl halides is 19. The van der Waals surface area contributed by atoms with Gasteiger partial charge in [-0.3, -0.25) is 0 Å². The van der Waals surface area contributed by atoms with Crippen LogP contribution in [-0.2, 0) is 36.1 Å². The Hall–Kier alpha value is -2.27. The van der Waals surface area contributed by atoms with E-state index >= 15 is 0 Å². The summed E-state index contributed by atoms with van der Waals surface area (Å²) < 4.78 is 282. The van der Waals surface area contributed by atoms with Gasteiger partial charge in [0.25, 0.3) is 11.2 Å². The maximum atomic E-state index is 14.7. The molecule has 2 aliphatic heterocycles. The third-order valence-electron chi connectivity index (χ3n) is 6.23. The van der Waals surface area contributed by atoms with Crippen LogP contribution in [0.2, 0.25) is 0 Å². The van der Waals surface area contributed by atoms with Crippen molar-refractivity contribution in [3.63, 3.8) is 0 Å². The van der Waals surface area contributed by atoms with Crippen LogP contribution in [0.3, 0.4) is 0 Å². The molecule has 2 fully saturated rings. The number of ether oxygens (including phenoxy) is 4. The van der Waals surface area contributed by atoms with Gasteiger partial charge in [0.15, 0.2) is 0 Å². The zero-order valence-electron chi connectivity index (χ0n) is 20.5. The Kier molecular flexibility index (Phi) is 8.75. The molecule has 0 saturated carbocycles. The van der Waals surface area contributed by atoms with Gasteiger partial charge in [-0.25, -0.2) is 0 Å². The van der Waals surface area contributed by atoms with Crippen molar-refractivity contribution in [1.29, 1.82) is 0 Å². The number of hydrogen-bond acceptors (Lipinski definition) is 4. The van der Waals surface area contributed by atoms with Gasteiger partial charge in [0, 0.05) is 16.7 Å². The Morgan fingerprint density at radius 1 is 0.477 bits per heavy atom. The van der Waals surface area contributed by atoms with Crippen LogP contribution < -0.4 is 0 Å². The summed E-state index contributed by atoms with van der Waals surface area (Å²) in [6, 6.07) is -4.12. The Morgan fingerprint density at radius 3 is 0.977 bits per heavy atom. The van der Waals surface area contributed by atoms with E-state index in [1.165, 1.54) is 0 Å². The lowest BCUT2D eigenvalue weighted by Gasteiger charge is -2.41. The van der Waals surface area contributed by atoms with E-state index in [1.807, 2.05) is 0 Å². The van der Waals surface area contributed by atoms with E-state index in [0.717, 1.165) is 0 Å². The SMILES string of the molecule is FC(F)(F)C(F)(F)C(F)(F)c1cc(C(OCC2CO2)(C(F)(F)F)C(F)(F)F)cc(C(OCC2CO2)(C(F)(F)F)C(F)(F)F)c1. The summed E-state index contributed by atoms with van der Waals surface area (Å²) in [5, 5.41) is 0. The van der Waals surface area contributed by atoms with Crippen molar-refractivity contribution in [3.8, 4) is 0 Å². The third-order valence-corrected chi connectivity index (χ3v) is 6.23. The number of hydrogen-bond donors (Lipinski definition) is 0. The number of benzene rings is 1. The zero-order valence-corrected chi connectivity index (χ0v) is 20.5. The lowest BCUT2D eigenvalue weighted by molar-refractivity contribution is -0.392. The van der Waals surface area contributed by atoms with Crippen molar-refractivity contribution in [1.82, 2.24) is 0 Å². The molecular formula is C21H13F19O4. The summed E-state index contributed by atoms with van der Waals surface area (Å²) in [5.74, 6) is -14.6. The molecule has 1 aromatic rings. The van der Waals surface area contributed by atoms with E-state index in [4.69, 9.17) is 0 Å². The average Bonchev–Trinajstić information content (AvgIpc) is 3.70. The highest BCUT2D eigenvalue weighted by Gasteiger charge is 2.78. The van der Waals surface area contributed by atoms with Crippen molar-refractivity contribution in [2.24, 2.45) is 0 Å². The van der Waals surface area contributed by atoms with Crippen molar-refractivity contribution in [2.75, 3.05) is 26.4 Å². The molecule has 2 atom stereocenters. The minimum absolute atomic E-state index is 0.602. The van der Waals surface area contributed by atoms with Crippen LogP contribution in [-0.4, -0.2) is 75.4 Å². The summed E-state index contributed by atoms with van der Waals surface area (Å²) in [6.07, 6.45) is -38.8. The lowest BCUT2D eigenvalue weighted by atomic mass is 9.82. The van der Waals surface area contributed by atoms with Gasteiger partial charge in [0.2, 0.25) is 0 Å². The van der Waals surface area contributed by atoms with Crippen molar-refractivity contribution >= 4 is 0 Å². The second-order valence-electron chi connectivity index (χ2n) is 9.33. The minimum atomic E-state index is -7.49. The first kappa shape index (κ1) is 36.2. The fraction of sp³-hybridized carbons (Fsp3) is 0.714. The van der Waals surface area contributed by atoms with Gasteiger partial charge >= 0.3 is 42.7 Å². The number of epoxide rings is 2. The molecule has 0 aromatic heterocycles. The molecule has 4 nitrogen and oxygen atoms in total. The second kappa shape index (κ2) is 10.6. The van der Waals surface area contributed by atoms with Crippen molar-refractivity contribution in [3.05, 3.63) is 34.9 Å². The van der Waals surface area contributed by atoms with Crippen molar-refractivity contribution in [2.45, 2.75) is 66.1 Å². The van der Waals surface area contributed by atoms with E-state index in [1.54, 1.807) is 0 Å². The molecule has 0 N–H and O–H groups in total. The summed E-state index contributed by atoms with van der Waals surface area (Å²) in [5.41, 5.74) is -22.3. The van der Waals surface area contributed by atoms with E-state index in [2.05, 4.69) is 18.9 Å². The molecule has 0 radical (unpaired) electrons. The molecule has 23 heteroatoms. The summed E-state index contributed by atoms with van der Waals surface area (Å²) in [7, 11) is 0. The smallest absolute Gasteiger partial charge is 0.371 e. The quantitative estimate of drug-likeness (QED) is 0.189. The number of rotatable bonds is 10. The Balaban J connectivity index is 2.54. The highest BCUT2D eigenvalue weighted by molar-refractivity contribution is 5.43. The maximum absolute atomic E-state index is 14.7. The molecule has 0 bridgehead atoms. The Labute approximate surface area is 230 Å². The molecule has 2 heterocycles. The van der Waals surface area contributed by atoms with Crippen LogP contribution >= 0.6 is 0 Å². The van der Waals surface area contributed by atoms with Crippen LogP contribution in [0.25, 0.3) is 0 Å². The summed E-state index contributed by atoms with van der Waals surface area (Å²) in [6.45, 7) is -4.83. The normalized spacial score (nSPS) is 21.1. The lowest BCUT2D eigenvalue weighted by Crippen LogP contribution is -2.58.